The van der Waals surface area contributed by atoms with Crippen LogP contribution in [0.15, 0.2) is 6.20 Å². The Labute approximate surface area is 190 Å². The van der Waals surface area contributed by atoms with Gasteiger partial charge in [-0.25, -0.2) is 4.68 Å². The summed E-state index contributed by atoms with van der Waals surface area (Å²) in [5.74, 6) is 0.810. The summed E-state index contributed by atoms with van der Waals surface area (Å²) in [6.07, 6.45) is 4.39. The van der Waals surface area contributed by atoms with E-state index in [1.54, 1.807) is 10.9 Å². The van der Waals surface area contributed by atoms with Gasteiger partial charge in [0.1, 0.15) is 12.2 Å². The van der Waals surface area contributed by atoms with E-state index in [1.165, 1.54) is 12.8 Å². The summed E-state index contributed by atoms with van der Waals surface area (Å²) in [6, 6.07) is 0. The van der Waals surface area contributed by atoms with Crippen LogP contribution in [0.2, 0.25) is 5.28 Å². The predicted molar refractivity (Wildman–Crippen MR) is 118 cm³/mol. The lowest BCUT2D eigenvalue weighted by atomic mass is 9.73. The Morgan fingerprint density at radius 1 is 1.31 bits per heavy atom. The second-order valence-corrected chi connectivity index (χ2v) is 11.2. The van der Waals surface area contributed by atoms with Gasteiger partial charge in [-0.3, -0.25) is 4.57 Å². The van der Waals surface area contributed by atoms with Crippen LogP contribution < -0.4 is 4.90 Å². The van der Waals surface area contributed by atoms with Crippen molar-refractivity contribution in [2.75, 3.05) is 51.1 Å². The maximum absolute atomic E-state index is 10.9. The molecule has 3 aliphatic heterocycles. The molecule has 176 valence electrons. The number of nitrogens with zero attached hydrogens (tertiary/aromatic N) is 6. The standard InChI is InChI=1S/C19H28ClN6O5P/c1-24-6-2-5-19(9-24)10-25(11-19)16-14-7-21-26(17(14)23-18(20)22-16)15-4-3-13(31-15)8-30-12-32(27,28)29/h7,13,15H,2-6,8-12H2,1H3,(H2,27,28,29). The Kier molecular flexibility index (Phi) is 5.94. The summed E-state index contributed by atoms with van der Waals surface area (Å²) in [5, 5.41) is 5.54. The molecule has 0 aliphatic carbocycles. The molecule has 5 heterocycles. The van der Waals surface area contributed by atoms with Gasteiger partial charge in [-0.2, -0.15) is 15.1 Å². The van der Waals surface area contributed by atoms with E-state index in [0.717, 1.165) is 37.4 Å². The van der Waals surface area contributed by atoms with Crippen LogP contribution in [0.1, 0.15) is 31.9 Å². The quantitative estimate of drug-likeness (QED) is 0.461. The van der Waals surface area contributed by atoms with Crippen molar-refractivity contribution in [3.63, 3.8) is 0 Å². The number of likely N-dealkylation sites (tertiary alicyclic amines) is 1. The first-order valence-electron chi connectivity index (χ1n) is 10.8. The van der Waals surface area contributed by atoms with E-state index in [9.17, 15) is 4.57 Å². The highest BCUT2D eigenvalue weighted by atomic mass is 35.5. The lowest BCUT2D eigenvalue weighted by Gasteiger charge is -2.54. The van der Waals surface area contributed by atoms with Crippen molar-refractivity contribution < 1.29 is 23.8 Å². The van der Waals surface area contributed by atoms with Gasteiger partial charge in [0.2, 0.25) is 5.28 Å². The smallest absolute Gasteiger partial charge is 0.350 e. The highest BCUT2D eigenvalue weighted by Crippen LogP contribution is 2.43. The van der Waals surface area contributed by atoms with Crippen LogP contribution in [0.4, 0.5) is 5.82 Å². The molecule has 2 aromatic heterocycles. The fraction of sp³-hybridized carbons (Fsp3) is 0.737. The number of ether oxygens (including phenoxy) is 2. The Morgan fingerprint density at radius 2 is 2.12 bits per heavy atom. The molecular formula is C19H28ClN6O5P. The molecule has 1 spiro atoms. The van der Waals surface area contributed by atoms with Crippen molar-refractivity contribution in [1.82, 2.24) is 24.6 Å². The van der Waals surface area contributed by atoms with E-state index < -0.39 is 13.9 Å². The summed E-state index contributed by atoms with van der Waals surface area (Å²) in [5.41, 5.74) is 0.949. The average molecular weight is 487 g/mol. The summed E-state index contributed by atoms with van der Waals surface area (Å²) in [4.78, 5) is 31.5. The van der Waals surface area contributed by atoms with Crippen LogP contribution in [0.5, 0.6) is 0 Å². The zero-order valence-electron chi connectivity index (χ0n) is 17.9. The number of rotatable bonds is 6. The Hall–Kier alpha value is -1.33. The van der Waals surface area contributed by atoms with Crippen molar-refractivity contribution in [3.05, 3.63) is 11.5 Å². The first-order chi connectivity index (χ1) is 15.2. The average Bonchev–Trinajstić information content (AvgIpc) is 3.31. The monoisotopic (exact) mass is 486 g/mol. The normalized spacial score (nSPS) is 26.2. The van der Waals surface area contributed by atoms with Gasteiger partial charge in [-0.1, -0.05) is 0 Å². The van der Waals surface area contributed by atoms with Gasteiger partial charge in [0.25, 0.3) is 0 Å². The van der Waals surface area contributed by atoms with Crippen molar-refractivity contribution in [2.24, 2.45) is 5.41 Å². The van der Waals surface area contributed by atoms with Crippen molar-refractivity contribution >= 4 is 36.0 Å². The number of fused-ring (bicyclic) bond motifs is 1. The molecule has 0 bridgehead atoms. The summed E-state index contributed by atoms with van der Waals surface area (Å²) >= 11 is 6.29. The maximum atomic E-state index is 10.9. The fourth-order valence-corrected chi connectivity index (χ4v) is 5.76. The predicted octanol–water partition coefficient (Wildman–Crippen LogP) is 1.84. The number of piperidine rings is 1. The first-order valence-corrected chi connectivity index (χ1v) is 13.0. The third kappa shape index (κ3) is 4.52. The molecule has 2 atom stereocenters. The van der Waals surface area contributed by atoms with E-state index >= 15 is 0 Å². The molecule has 0 aromatic carbocycles. The van der Waals surface area contributed by atoms with E-state index in [4.69, 9.17) is 30.9 Å². The van der Waals surface area contributed by atoms with E-state index in [0.29, 0.717) is 23.9 Å². The van der Waals surface area contributed by atoms with Crippen molar-refractivity contribution in [1.29, 1.82) is 0 Å². The molecule has 3 saturated heterocycles. The molecule has 0 saturated carbocycles. The van der Waals surface area contributed by atoms with E-state index in [2.05, 4.69) is 31.9 Å². The zero-order valence-corrected chi connectivity index (χ0v) is 19.6. The molecule has 2 aromatic rings. The van der Waals surface area contributed by atoms with Gasteiger partial charge in [0.05, 0.1) is 24.3 Å². The molecule has 13 heteroatoms. The van der Waals surface area contributed by atoms with Gasteiger partial charge in [-0.05, 0) is 50.9 Å². The van der Waals surface area contributed by atoms with Gasteiger partial charge >= 0.3 is 7.60 Å². The maximum Gasteiger partial charge on any atom is 0.350 e. The summed E-state index contributed by atoms with van der Waals surface area (Å²) in [6.45, 7) is 4.27. The van der Waals surface area contributed by atoms with Gasteiger partial charge in [-0.15, -0.1) is 0 Å². The van der Waals surface area contributed by atoms with E-state index in [1.807, 2.05) is 0 Å². The third-order valence-electron chi connectivity index (χ3n) is 6.53. The molecule has 3 fully saturated rings. The van der Waals surface area contributed by atoms with Gasteiger partial charge in [0.15, 0.2) is 11.9 Å². The zero-order chi connectivity index (χ0) is 22.5. The molecule has 2 unspecified atom stereocenters. The van der Waals surface area contributed by atoms with Crippen LogP contribution in [-0.4, -0.2) is 86.7 Å². The molecular weight excluding hydrogens is 459 g/mol. The third-order valence-corrected chi connectivity index (χ3v) is 7.22. The first kappa shape index (κ1) is 22.5. The lowest BCUT2D eigenvalue weighted by Crippen LogP contribution is -2.62. The Balaban J connectivity index is 1.30. The summed E-state index contributed by atoms with van der Waals surface area (Å²) < 4.78 is 23.8. The summed E-state index contributed by atoms with van der Waals surface area (Å²) in [7, 11) is -2.01. The Morgan fingerprint density at radius 3 is 2.88 bits per heavy atom. The molecule has 32 heavy (non-hydrogen) atoms. The van der Waals surface area contributed by atoms with Crippen molar-refractivity contribution in [2.45, 2.75) is 38.0 Å². The second kappa shape index (κ2) is 8.47. The number of halogens is 1. The number of hydrogen-bond acceptors (Lipinski definition) is 8. The minimum Gasteiger partial charge on any atom is -0.366 e. The number of anilines is 1. The minimum absolute atomic E-state index is 0.117. The molecule has 3 aliphatic rings. The van der Waals surface area contributed by atoms with Crippen LogP contribution in [0.25, 0.3) is 11.0 Å². The van der Waals surface area contributed by atoms with Crippen LogP contribution in [-0.2, 0) is 14.0 Å². The largest absolute Gasteiger partial charge is 0.366 e. The van der Waals surface area contributed by atoms with Crippen LogP contribution in [0, 0.1) is 5.41 Å². The van der Waals surface area contributed by atoms with Crippen LogP contribution in [0.3, 0.4) is 0 Å². The second-order valence-electron chi connectivity index (χ2n) is 9.29. The van der Waals surface area contributed by atoms with E-state index in [-0.39, 0.29) is 24.2 Å². The highest BCUT2D eigenvalue weighted by Gasteiger charge is 2.46. The number of aromatic nitrogens is 4. The minimum atomic E-state index is -4.19. The topological polar surface area (TPSA) is 126 Å². The van der Waals surface area contributed by atoms with Crippen LogP contribution >= 0.6 is 19.2 Å². The highest BCUT2D eigenvalue weighted by molar-refractivity contribution is 7.51. The fourth-order valence-electron chi connectivity index (χ4n) is 5.26. The lowest BCUT2D eigenvalue weighted by molar-refractivity contribution is -0.0391. The van der Waals surface area contributed by atoms with Gasteiger partial charge in [0, 0.05) is 25.0 Å². The SMILES string of the molecule is CN1CCCC2(C1)CN(c1nc(Cl)nc3c1cnn3C1CCC(COCP(=O)(O)O)O1)C2. The Bertz CT molecular complexity index is 1040. The number of hydrogen-bond donors (Lipinski definition) is 2. The molecule has 0 amide bonds. The van der Waals surface area contributed by atoms with Crippen molar-refractivity contribution in [3.8, 4) is 0 Å². The molecule has 5 rings (SSSR count). The molecule has 2 N–H and O–H groups in total. The molecule has 11 nitrogen and oxygen atoms in total. The van der Waals surface area contributed by atoms with Gasteiger partial charge < -0.3 is 29.1 Å². The molecule has 0 radical (unpaired) electrons.